The Morgan fingerprint density at radius 1 is 0.917 bits per heavy atom. The van der Waals surface area contributed by atoms with Crippen LogP contribution in [0.4, 0.5) is 0 Å². The van der Waals surface area contributed by atoms with E-state index in [0.29, 0.717) is 16.0 Å². The maximum atomic E-state index is 9.42. The van der Waals surface area contributed by atoms with Crippen LogP contribution in [0.15, 0.2) is 42.5 Å². The average molecular weight is 323 g/mol. The molecule has 0 saturated carbocycles. The van der Waals surface area contributed by atoms with E-state index in [1.165, 1.54) is 11.1 Å². The lowest BCUT2D eigenvalue weighted by atomic mass is 9.70. The van der Waals surface area contributed by atoms with Gasteiger partial charge in [0.05, 0.1) is 0 Å². The second-order valence-corrected chi connectivity index (χ2v) is 8.34. The SMILES string of the molecule is CC(C)(C)CC(C)(C)c1ccccc1-c1ccc2nn(O)nc2c1. The van der Waals surface area contributed by atoms with Crippen LogP contribution in [0.1, 0.15) is 46.6 Å². The fourth-order valence-corrected chi connectivity index (χ4v) is 3.82. The van der Waals surface area contributed by atoms with Gasteiger partial charge in [0, 0.05) is 0 Å². The van der Waals surface area contributed by atoms with E-state index >= 15 is 0 Å². The molecule has 0 amide bonds. The first-order valence-electron chi connectivity index (χ1n) is 8.32. The molecule has 3 rings (SSSR count). The standard InChI is InChI=1S/C20H25N3O/c1-19(2,3)13-20(4,5)16-9-7-6-8-15(16)14-10-11-17-18(12-14)22-23(24)21-17/h6-12,24H,13H2,1-5H3. The van der Waals surface area contributed by atoms with Crippen molar-refractivity contribution < 1.29 is 5.21 Å². The third-order valence-corrected chi connectivity index (χ3v) is 4.31. The molecule has 2 aromatic carbocycles. The highest BCUT2D eigenvalue weighted by molar-refractivity contribution is 5.82. The number of nitrogens with zero attached hydrogens (tertiary/aromatic N) is 3. The summed E-state index contributed by atoms with van der Waals surface area (Å²) in [5, 5.41) is 17.4. The van der Waals surface area contributed by atoms with Crippen molar-refractivity contribution in [2.75, 3.05) is 0 Å². The van der Waals surface area contributed by atoms with Gasteiger partial charge in [-0.1, -0.05) is 65.0 Å². The van der Waals surface area contributed by atoms with Gasteiger partial charge in [0.25, 0.3) is 0 Å². The van der Waals surface area contributed by atoms with Crippen LogP contribution in [-0.4, -0.2) is 20.4 Å². The number of aromatic nitrogens is 3. The highest BCUT2D eigenvalue weighted by Crippen LogP contribution is 2.40. The Bertz CT molecular complexity index is 872. The summed E-state index contributed by atoms with van der Waals surface area (Å²) in [5.41, 5.74) is 5.32. The summed E-state index contributed by atoms with van der Waals surface area (Å²) in [7, 11) is 0. The maximum absolute atomic E-state index is 9.42. The van der Waals surface area contributed by atoms with Crippen molar-refractivity contribution in [1.29, 1.82) is 0 Å². The third kappa shape index (κ3) is 3.28. The molecule has 0 bridgehead atoms. The second kappa shape index (κ2) is 5.62. The molecule has 24 heavy (non-hydrogen) atoms. The summed E-state index contributed by atoms with van der Waals surface area (Å²) in [6.45, 7) is 11.5. The summed E-state index contributed by atoms with van der Waals surface area (Å²) in [6.07, 6.45) is 1.09. The maximum Gasteiger partial charge on any atom is 0.117 e. The Balaban J connectivity index is 2.10. The van der Waals surface area contributed by atoms with E-state index in [9.17, 15) is 5.21 Å². The molecule has 0 aliphatic carbocycles. The summed E-state index contributed by atoms with van der Waals surface area (Å²) in [6, 6.07) is 14.5. The van der Waals surface area contributed by atoms with Gasteiger partial charge < -0.3 is 5.21 Å². The molecule has 0 aliphatic rings. The van der Waals surface area contributed by atoms with Gasteiger partial charge >= 0.3 is 0 Å². The van der Waals surface area contributed by atoms with E-state index in [2.05, 4.69) is 69.1 Å². The lowest BCUT2D eigenvalue weighted by Gasteiger charge is -2.34. The van der Waals surface area contributed by atoms with Crippen molar-refractivity contribution in [3.8, 4) is 11.1 Å². The van der Waals surface area contributed by atoms with Crippen LogP contribution in [-0.2, 0) is 5.41 Å². The van der Waals surface area contributed by atoms with Crippen LogP contribution in [0.25, 0.3) is 22.2 Å². The lowest BCUT2D eigenvalue weighted by Crippen LogP contribution is -2.25. The highest BCUT2D eigenvalue weighted by atomic mass is 16.5. The van der Waals surface area contributed by atoms with Gasteiger partial charge in [-0.05, 0) is 51.0 Å². The van der Waals surface area contributed by atoms with Crippen molar-refractivity contribution in [3.63, 3.8) is 0 Å². The molecule has 0 atom stereocenters. The van der Waals surface area contributed by atoms with Crippen molar-refractivity contribution in [2.24, 2.45) is 5.41 Å². The lowest BCUT2D eigenvalue weighted by molar-refractivity contribution is 0.113. The summed E-state index contributed by atoms with van der Waals surface area (Å²) >= 11 is 0. The van der Waals surface area contributed by atoms with E-state index in [4.69, 9.17) is 0 Å². The van der Waals surface area contributed by atoms with Gasteiger partial charge in [-0.25, -0.2) is 0 Å². The zero-order valence-electron chi connectivity index (χ0n) is 15.0. The molecule has 4 heteroatoms. The molecule has 0 radical (unpaired) electrons. The summed E-state index contributed by atoms with van der Waals surface area (Å²) < 4.78 is 0. The number of benzene rings is 2. The Hall–Kier alpha value is -2.36. The van der Waals surface area contributed by atoms with E-state index in [-0.39, 0.29) is 10.8 Å². The molecular formula is C20H25N3O. The van der Waals surface area contributed by atoms with Gasteiger partial charge in [0.2, 0.25) is 0 Å². The Morgan fingerprint density at radius 3 is 2.29 bits per heavy atom. The minimum Gasteiger partial charge on any atom is -0.396 e. The third-order valence-electron chi connectivity index (χ3n) is 4.31. The first-order chi connectivity index (χ1) is 11.2. The minimum absolute atomic E-state index is 0.0540. The predicted octanol–water partition coefficient (Wildman–Crippen LogP) is 5.05. The van der Waals surface area contributed by atoms with Gasteiger partial charge in [-0.15, -0.1) is 10.2 Å². The minimum atomic E-state index is 0.0540. The van der Waals surface area contributed by atoms with Gasteiger partial charge in [-0.3, -0.25) is 0 Å². The van der Waals surface area contributed by atoms with Crippen LogP contribution < -0.4 is 0 Å². The molecule has 1 N–H and O–H groups in total. The predicted molar refractivity (Wildman–Crippen MR) is 97.2 cm³/mol. The average Bonchev–Trinajstić information content (AvgIpc) is 2.84. The van der Waals surface area contributed by atoms with Gasteiger partial charge in [0.1, 0.15) is 11.0 Å². The summed E-state index contributed by atoms with van der Waals surface area (Å²) in [4.78, 5) is 0.629. The van der Waals surface area contributed by atoms with Gasteiger partial charge in [0.15, 0.2) is 0 Å². The second-order valence-electron chi connectivity index (χ2n) is 8.34. The smallest absolute Gasteiger partial charge is 0.117 e. The molecular weight excluding hydrogens is 298 g/mol. The molecule has 0 saturated heterocycles. The van der Waals surface area contributed by atoms with Crippen LogP contribution in [0.3, 0.4) is 0 Å². The van der Waals surface area contributed by atoms with Gasteiger partial charge in [-0.2, -0.15) is 0 Å². The Morgan fingerprint density at radius 2 is 1.58 bits per heavy atom. The van der Waals surface area contributed by atoms with E-state index in [0.717, 1.165) is 12.0 Å². The van der Waals surface area contributed by atoms with Crippen molar-refractivity contribution in [3.05, 3.63) is 48.0 Å². The van der Waals surface area contributed by atoms with Crippen LogP contribution >= 0.6 is 0 Å². The normalized spacial score (nSPS) is 12.7. The number of rotatable bonds is 3. The molecule has 0 unspecified atom stereocenters. The van der Waals surface area contributed by atoms with Crippen molar-refractivity contribution >= 4 is 11.0 Å². The zero-order valence-corrected chi connectivity index (χ0v) is 15.0. The molecule has 0 aliphatic heterocycles. The molecule has 0 spiro atoms. The van der Waals surface area contributed by atoms with Crippen molar-refractivity contribution in [1.82, 2.24) is 15.2 Å². The fraction of sp³-hybridized carbons (Fsp3) is 0.400. The molecule has 1 aromatic heterocycles. The quantitative estimate of drug-likeness (QED) is 0.686. The molecule has 1 heterocycles. The first-order valence-corrected chi connectivity index (χ1v) is 8.32. The van der Waals surface area contributed by atoms with E-state index in [1.807, 2.05) is 18.2 Å². The molecule has 4 nitrogen and oxygen atoms in total. The fourth-order valence-electron chi connectivity index (χ4n) is 3.82. The van der Waals surface area contributed by atoms with Crippen LogP contribution in [0, 0.1) is 5.41 Å². The number of hydrogen-bond donors (Lipinski definition) is 1. The molecule has 0 fully saturated rings. The van der Waals surface area contributed by atoms with Crippen LogP contribution in [0.5, 0.6) is 0 Å². The topological polar surface area (TPSA) is 50.9 Å². The first kappa shape index (κ1) is 16.5. The number of hydrogen-bond acceptors (Lipinski definition) is 3. The van der Waals surface area contributed by atoms with Crippen molar-refractivity contribution in [2.45, 2.75) is 46.5 Å². The van der Waals surface area contributed by atoms with E-state index < -0.39 is 0 Å². The zero-order chi connectivity index (χ0) is 17.5. The molecule has 3 aromatic rings. The summed E-state index contributed by atoms with van der Waals surface area (Å²) in [5.74, 6) is 0. The Kier molecular flexibility index (Phi) is 3.86. The largest absolute Gasteiger partial charge is 0.396 e. The Labute approximate surface area is 143 Å². The monoisotopic (exact) mass is 323 g/mol. The van der Waals surface area contributed by atoms with E-state index in [1.54, 1.807) is 0 Å². The van der Waals surface area contributed by atoms with Crippen LogP contribution in [0.2, 0.25) is 0 Å². The molecule has 126 valence electrons. The number of fused-ring (bicyclic) bond motifs is 1. The highest BCUT2D eigenvalue weighted by Gasteiger charge is 2.29.